The Morgan fingerprint density at radius 3 is 1.83 bits per heavy atom. The minimum absolute atomic E-state index is 0. The van der Waals surface area contributed by atoms with Gasteiger partial charge in [-0.15, -0.1) is 0 Å². The molecular formula is C37H31Cl6N4NaO8S2. The smallest absolute Gasteiger partial charge is 0.857 e. The number of hydrogen-bond acceptors (Lipinski definition) is 11. The second-order valence-electron chi connectivity index (χ2n) is 10.3. The third-order valence-electron chi connectivity index (χ3n) is 7.32. The molecule has 5 rings (SSSR count). The Morgan fingerprint density at radius 1 is 0.845 bits per heavy atom. The molecule has 302 valence electrons. The van der Waals surface area contributed by atoms with E-state index in [-0.39, 0.29) is 60.6 Å². The fourth-order valence-corrected chi connectivity index (χ4v) is 7.25. The molecule has 0 saturated carbocycles. The Balaban J connectivity index is 0.000000461. The molecule has 1 aromatic heterocycles. The number of methoxy groups -OCH3 is 4. The first-order chi connectivity index (χ1) is 27.0. The molecule has 0 radical (unpaired) electrons. The number of nitrogens with zero attached hydrogens (tertiary/aromatic N) is 2. The molecule has 0 spiro atoms. The molecule has 0 bridgehead atoms. The number of halogens is 6. The molecule has 12 nitrogen and oxygen atoms in total. The number of thiocyanates is 1. The third kappa shape index (κ3) is 12.2. The van der Waals surface area contributed by atoms with Crippen LogP contribution in [0.1, 0.15) is 21.5 Å². The van der Waals surface area contributed by atoms with Crippen LogP contribution in [0, 0.1) is 15.4 Å². The number of H-pyrrole nitrogens is 1. The zero-order chi connectivity index (χ0) is 43.3. The molecule has 1 heterocycles. The molecule has 0 fully saturated rings. The number of thioether (sulfide) groups is 1. The van der Waals surface area contributed by atoms with Crippen molar-refractivity contribution in [2.45, 2.75) is 4.90 Å². The standard InChI is InChI=1S/C18H13Cl3N2O3S.C10H10ClNO3.C8H5Cl2NOS.CH3O.Na/c1-4-8-15-9(5-12(21)16(8)26-3)17(24)23(18(27)22-15)13-7-14(25-2)11(20)6-10(13)19;1-3-5-8(12)6(10(13)14)4-7(11)9(5)15-2;1-12-7-3-8(13-4-11)6(10)2-5(7)9;1-2;/h4-7H,1H2,2-3H3,(H,22,27);3-4H,1,12H2,2H3,(H,13,14);2-3H,1H3;1H3;/q;;;-1;+1. The summed E-state index contributed by atoms with van der Waals surface area (Å²) in [4.78, 5) is 27.7. The Bertz CT molecular complexity index is 2500. The van der Waals surface area contributed by atoms with E-state index < -0.39 is 11.5 Å². The van der Waals surface area contributed by atoms with Crippen molar-refractivity contribution in [3.63, 3.8) is 0 Å². The number of aromatic carboxylic acids is 1. The van der Waals surface area contributed by atoms with Crippen molar-refractivity contribution in [1.82, 2.24) is 9.55 Å². The fraction of sp³-hybridized carbons (Fsp3) is 0.135. The van der Waals surface area contributed by atoms with E-state index in [2.05, 4.69) is 18.1 Å². The Kier molecular flexibility index (Phi) is 22.5. The van der Waals surface area contributed by atoms with Gasteiger partial charge in [0.15, 0.2) is 4.77 Å². The maximum absolute atomic E-state index is 13.2. The van der Waals surface area contributed by atoms with Gasteiger partial charge in [-0.3, -0.25) is 9.36 Å². The molecule has 4 aromatic carbocycles. The number of carbonyl (C=O) groups is 1. The number of nitrogen functional groups attached to an aromatic ring is 1. The number of nitrogens with two attached hydrogens (primary N) is 1. The molecule has 0 saturated heterocycles. The molecule has 58 heavy (non-hydrogen) atoms. The van der Waals surface area contributed by atoms with Gasteiger partial charge in [-0.25, -0.2) is 4.79 Å². The van der Waals surface area contributed by atoms with Gasteiger partial charge in [-0.2, -0.15) is 12.4 Å². The molecule has 0 unspecified atom stereocenters. The zero-order valence-electron chi connectivity index (χ0n) is 31.4. The van der Waals surface area contributed by atoms with Gasteiger partial charge < -0.3 is 39.9 Å². The van der Waals surface area contributed by atoms with E-state index in [0.29, 0.717) is 70.7 Å². The van der Waals surface area contributed by atoms with E-state index in [1.54, 1.807) is 24.3 Å². The Labute approximate surface area is 394 Å². The van der Waals surface area contributed by atoms with Crippen molar-refractivity contribution < 1.29 is 63.5 Å². The first kappa shape index (κ1) is 52.7. The van der Waals surface area contributed by atoms with E-state index in [1.165, 1.54) is 57.3 Å². The number of nitriles is 1. The summed E-state index contributed by atoms with van der Waals surface area (Å²) < 4.78 is 21.9. The van der Waals surface area contributed by atoms with Crippen molar-refractivity contribution in [2.75, 3.05) is 41.3 Å². The maximum atomic E-state index is 13.2. The van der Waals surface area contributed by atoms with Crippen LogP contribution in [0.25, 0.3) is 28.7 Å². The second-order valence-corrected chi connectivity index (χ2v) is 14.0. The minimum Gasteiger partial charge on any atom is -0.857 e. The number of nitrogens with one attached hydrogen (secondary N) is 1. The number of aromatic amines is 1. The number of carboxylic acid groups (broad SMARTS) is 1. The summed E-state index contributed by atoms with van der Waals surface area (Å²) in [5.41, 5.74) is 7.00. The third-order valence-corrected chi connectivity index (χ3v) is 10.1. The van der Waals surface area contributed by atoms with Gasteiger partial charge in [0.05, 0.1) is 86.4 Å². The predicted octanol–water partition coefficient (Wildman–Crippen LogP) is 7.50. The van der Waals surface area contributed by atoms with Crippen molar-refractivity contribution in [3.8, 4) is 34.1 Å². The van der Waals surface area contributed by atoms with Crippen molar-refractivity contribution in [3.05, 3.63) is 112 Å². The molecule has 21 heteroatoms. The van der Waals surface area contributed by atoms with Crippen LogP contribution in [0.2, 0.25) is 30.1 Å². The van der Waals surface area contributed by atoms with E-state index in [4.69, 9.17) is 122 Å². The molecule has 0 atom stereocenters. The average Bonchev–Trinajstić information content (AvgIpc) is 3.18. The number of anilines is 1. The van der Waals surface area contributed by atoms with Crippen LogP contribution in [-0.2, 0) is 0 Å². The molecule has 4 N–H and O–H groups in total. The summed E-state index contributed by atoms with van der Waals surface area (Å²) in [5, 5.41) is 29.7. The first-order valence-electron chi connectivity index (χ1n) is 15.3. The number of aromatic nitrogens is 2. The molecule has 0 aliphatic rings. The van der Waals surface area contributed by atoms with Gasteiger partial charge in [-0.05, 0) is 54.3 Å². The molecule has 0 aliphatic carbocycles. The van der Waals surface area contributed by atoms with Crippen LogP contribution >= 0.6 is 93.6 Å². The second kappa shape index (κ2) is 24.7. The van der Waals surface area contributed by atoms with Crippen LogP contribution in [0.15, 0.2) is 59.2 Å². The maximum Gasteiger partial charge on any atom is 1.00 e. The van der Waals surface area contributed by atoms with Crippen LogP contribution in [0.3, 0.4) is 0 Å². The van der Waals surface area contributed by atoms with Gasteiger partial charge in [-0.1, -0.05) is 94.9 Å². The largest absolute Gasteiger partial charge is 1.00 e. The van der Waals surface area contributed by atoms with Gasteiger partial charge >= 0.3 is 35.5 Å². The molecule has 0 aliphatic heterocycles. The van der Waals surface area contributed by atoms with E-state index in [9.17, 15) is 9.59 Å². The van der Waals surface area contributed by atoms with Crippen LogP contribution < -0.4 is 64.9 Å². The molecule has 5 aromatic rings. The topological polar surface area (TPSA) is 185 Å². The number of hydrogen-bond donors (Lipinski definition) is 3. The van der Waals surface area contributed by atoms with E-state index in [0.717, 1.165) is 18.9 Å². The monoisotopic (exact) mass is 956 g/mol. The summed E-state index contributed by atoms with van der Waals surface area (Å²) in [6, 6.07) is 8.99. The Hall–Kier alpha value is -3.27. The fourth-order valence-electron chi connectivity index (χ4n) is 4.85. The predicted molar refractivity (Wildman–Crippen MR) is 233 cm³/mol. The molecular weight excluding hydrogens is 928 g/mol. The van der Waals surface area contributed by atoms with Gasteiger partial charge in [0.25, 0.3) is 5.56 Å². The number of benzene rings is 4. The summed E-state index contributed by atoms with van der Waals surface area (Å²) in [6.45, 7) is 7.29. The molecule has 0 amide bonds. The van der Waals surface area contributed by atoms with E-state index in [1.807, 2.05) is 5.40 Å². The number of fused-ring (bicyclic) bond motifs is 1. The van der Waals surface area contributed by atoms with Crippen LogP contribution in [-0.4, -0.2) is 56.2 Å². The van der Waals surface area contributed by atoms with Crippen molar-refractivity contribution in [1.29, 1.82) is 5.26 Å². The number of ether oxygens (including phenoxy) is 4. The van der Waals surface area contributed by atoms with E-state index >= 15 is 0 Å². The minimum atomic E-state index is -1.14. The normalized spacial score (nSPS) is 9.78. The van der Waals surface area contributed by atoms with Crippen molar-refractivity contribution in [2.24, 2.45) is 0 Å². The SMILES string of the molecule is C=Cc1c(N)c(C(=O)O)cc(Cl)c1OC.C=Cc1c(OC)c(Cl)cc2c(=O)n(-c3cc(OC)c(Cl)cc3Cl)c(=S)[nH]c12.COc1cc(SC#N)c(Cl)cc1Cl.C[O-].[Na+]. The number of carboxylic acids is 1. The first-order valence-corrected chi connectivity index (χ1v) is 18.8. The van der Waals surface area contributed by atoms with Gasteiger partial charge in [0.2, 0.25) is 0 Å². The van der Waals surface area contributed by atoms with Gasteiger partial charge in [0.1, 0.15) is 28.4 Å². The Morgan fingerprint density at radius 2 is 1.34 bits per heavy atom. The summed E-state index contributed by atoms with van der Waals surface area (Å²) in [6.07, 6.45) is 2.95. The quantitative estimate of drug-likeness (QED) is 0.0436. The summed E-state index contributed by atoms with van der Waals surface area (Å²) >= 11 is 42.5. The van der Waals surface area contributed by atoms with Gasteiger partial charge in [0, 0.05) is 22.1 Å². The average molecular weight is 960 g/mol. The zero-order valence-corrected chi connectivity index (χ0v) is 39.6. The van der Waals surface area contributed by atoms with Crippen LogP contribution in [0.5, 0.6) is 23.0 Å². The van der Waals surface area contributed by atoms with Crippen LogP contribution in [0.4, 0.5) is 5.69 Å². The summed E-state index contributed by atoms with van der Waals surface area (Å²) in [5.74, 6) is 0.461. The number of rotatable bonds is 9. The van der Waals surface area contributed by atoms with Crippen molar-refractivity contribution >= 4 is 128 Å². The summed E-state index contributed by atoms with van der Waals surface area (Å²) in [7, 11) is 6.63.